The first-order valence-corrected chi connectivity index (χ1v) is 12.1. The summed E-state index contributed by atoms with van der Waals surface area (Å²) >= 11 is 0. The fourth-order valence-electron chi connectivity index (χ4n) is 3.89. The first kappa shape index (κ1) is 22.2. The summed E-state index contributed by atoms with van der Waals surface area (Å²) in [6.07, 6.45) is 1.52. The van der Waals surface area contributed by atoms with E-state index in [4.69, 9.17) is 4.74 Å². The van der Waals surface area contributed by atoms with E-state index in [0.29, 0.717) is 49.2 Å². The molecule has 0 radical (unpaired) electrons. The van der Waals surface area contributed by atoms with Gasteiger partial charge in [-0.2, -0.15) is 9.40 Å². The van der Waals surface area contributed by atoms with Crippen molar-refractivity contribution in [3.05, 3.63) is 53.6 Å². The lowest BCUT2D eigenvalue weighted by Crippen LogP contribution is -2.49. The molecule has 1 aliphatic rings. The molecule has 0 N–H and O–H groups in total. The molecule has 32 heavy (non-hydrogen) atoms. The Morgan fingerprint density at radius 2 is 1.69 bits per heavy atom. The van der Waals surface area contributed by atoms with Crippen molar-refractivity contribution in [3.8, 4) is 11.6 Å². The second-order valence-corrected chi connectivity index (χ2v) is 9.76. The molecule has 4 rings (SSSR count). The zero-order valence-corrected chi connectivity index (χ0v) is 19.6. The molecule has 0 amide bonds. The van der Waals surface area contributed by atoms with Gasteiger partial charge in [0.25, 0.3) is 0 Å². The molecule has 1 fully saturated rings. The van der Waals surface area contributed by atoms with Crippen LogP contribution in [-0.2, 0) is 10.0 Å². The van der Waals surface area contributed by atoms with Gasteiger partial charge in [0.2, 0.25) is 10.0 Å². The van der Waals surface area contributed by atoms with Crippen molar-refractivity contribution >= 4 is 15.8 Å². The van der Waals surface area contributed by atoms with E-state index in [9.17, 15) is 8.42 Å². The molecule has 1 saturated heterocycles. The van der Waals surface area contributed by atoms with Crippen LogP contribution in [0.2, 0.25) is 0 Å². The SMILES string of the molecule is CCOc1ccc(S(=O)(=O)N2CCN(c3cc(-n4nc(C)cc4C)ncn3)CC2)cc1C. The number of piperazine rings is 1. The summed E-state index contributed by atoms with van der Waals surface area (Å²) in [4.78, 5) is 11.1. The largest absolute Gasteiger partial charge is 0.494 e. The minimum atomic E-state index is -3.57. The predicted octanol–water partition coefficient (Wildman–Crippen LogP) is 2.50. The van der Waals surface area contributed by atoms with E-state index in [1.54, 1.807) is 22.9 Å². The third-order valence-electron chi connectivity index (χ3n) is 5.51. The van der Waals surface area contributed by atoms with Crippen LogP contribution in [0.5, 0.6) is 5.75 Å². The summed E-state index contributed by atoms with van der Waals surface area (Å²) in [5.41, 5.74) is 2.73. The summed E-state index contributed by atoms with van der Waals surface area (Å²) in [5, 5.41) is 4.48. The number of hydrogen-bond donors (Lipinski definition) is 0. The number of aryl methyl sites for hydroxylation is 3. The number of benzene rings is 1. The number of rotatable bonds is 6. The van der Waals surface area contributed by atoms with Gasteiger partial charge < -0.3 is 9.64 Å². The number of nitrogens with zero attached hydrogens (tertiary/aromatic N) is 6. The van der Waals surface area contributed by atoms with Crippen molar-refractivity contribution < 1.29 is 13.2 Å². The molecule has 0 saturated carbocycles. The normalized spacial score (nSPS) is 15.2. The maximum Gasteiger partial charge on any atom is 0.243 e. The third-order valence-corrected chi connectivity index (χ3v) is 7.41. The highest BCUT2D eigenvalue weighted by molar-refractivity contribution is 7.89. The van der Waals surface area contributed by atoms with Crippen LogP contribution in [0.1, 0.15) is 23.9 Å². The first-order chi connectivity index (χ1) is 15.3. The van der Waals surface area contributed by atoms with Gasteiger partial charge in [-0.25, -0.2) is 23.1 Å². The van der Waals surface area contributed by atoms with Crippen molar-refractivity contribution in [3.63, 3.8) is 0 Å². The second-order valence-electron chi connectivity index (χ2n) is 7.82. The summed E-state index contributed by atoms with van der Waals surface area (Å²) in [6.45, 7) is 10.1. The van der Waals surface area contributed by atoms with Crippen LogP contribution in [0.15, 0.2) is 41.6 Å². The van der Waals surface area contributed by atoms with Crippen molar-refractivity contribution in [1.82, 2.24) is 24.1 Å². The van der Waals surface area contributed by atoms with E-state index in [0.717, 1.165) is 22.8 Å². The standard InChI is InChI=1S/C22H28N6O3S/c1-5-31-20-7-6-19(12-16(20)2)32(29,30)27-10-8-26(9-11-27)21-14-22(24-15-23-21)28-18(4)13-17(3)25-28/h6-7,12-15H,5,8-11H2,1-4H3. The molecule has 1 aliphatic heterocycles. The molecule has 170 valence electrons. The van der Waals surface area contributed by atoms with Gasteiger partial charge in [0.15, 0.2) is 5.82 Å². The first-order valence-electron chi connectivity index (χ1n) is 10.6. The van der Waals surface area contributed by atoms with E-state index in [2.05, 4.69) is 20.0 Å². The molecule has 3 heterocycles. The average molecular weight is 457 g/mol. The predicted molar refractivity (Wildman–Crippen MR) is 122 cm³/mol. The van der Waals surface area contributed by atoms with Gasteiger partial charge in [0.05, 0.1) is 17.2 Å². The molecule has 3 aromatic rings. The molecule has 0 spiro atoms. The number of anilines is 1. The highest BCUT2D eigenvalue weighted by atomic mass is 32.2. The van der Waals surface area contributed by atoms with Crippen LogP contribution in [0.25, 0.3) is 5.82 Å². The summed E-state index contributed by atoms with van der Waals surface area (Å²) in [5.74, 6) is 2.16. The van der Waals surface area contributed by atoms with E-state index in [1.165, 1.54) is 10.6 Å². The smallest absolute Gasteiger partial charge is 0.243 e. The lowest BCUT2D eigenvalue weighted by molar-refractivity contribution is 0.337. The number of sulfonamides is 1. The molecular formula is C22H28N6O3S. The van der Waals surface area contributed by atoms with Crippen LogP contribution >= 0.6 is 0 Å². The van der Waals surface area contributed by atoms with Gasteiger partial charge in [-0.15, -0.1) is 0 Å². The third kappa shape index (κ3) is 4.33. The number of aromatic nitrogens is 4. The Bertz CT molecular complexity index is 1220. The number of hydrogen-bond acceptors (Lipinski definition) is 7. The Balaban J connectivity index is 1.48. The Hall–Kier alpha value is -2.98. The van der Waals surface area contributed by atoms with Crippen molar-refractivity contribution in [2.45, 2.75) is 32.6 Å². The summed E-state index contributed by atoms with van der Waals surface area (Å²) in [6, 6.07) is 8.90. The van der Waals surface area contributed by atoms with Crippen molar-refractivity contribution in [2.24, 2.45) is 0 Å². The van der Waals surface area contributed by atoms with Crippen LogP contribution < -0.4 is 9.64 Å². The topological polar surface area (TPSA) is 93.5 Å². The van der Waals surface area contributed by atoms with Gasteiger partial charge in [-0.3, -0.25) is 0 Å². The molecule has 0 aliphatic carbocycles. The molecule has 9 nitrogen and oxygen atoms in total. The van der Waals surface area contributed by atoms with Gasteiger partial charge in [-0.05, 0) is 57.5 Å². The highest BCUT2D eigenvalue weighted by Gasteiger charge is 2.29. The van der Waals surface area contributed by atoms with Crippen LogP contribution in [-0.4, -0.2) is 65.3 Å². The van der Waals surface area contributed by atoms with Crippen molar-refractivity contribution in [2.75, 3.05) is 37.7 Å². The fourth-order valence-corrected chi connectivity index (χ4v) is 5.40. The van der Waals surface area contributed by atoms with Crippen LogP contribution in [0.3, 0.4) is 0 Å². The van der Waals surface area contributed by atoms with Gasteiger partial charge in [-0.1, -0.05) is 0 Å². The minimum absolute atomic E-state index is 0.292. The lowest BCUT2D eigenvalue weighted by atomic mass is 10.2. The van der Waals surface area contributed by atoms with E-state index in [1.807, 2.05) is 39.8 Å². The Labute approximate surface area is 188 Å². The zero-order chi connectivity index (χ0) is 22.9. The molecule has 0 atom stereocenters. The molecule has 2 aromatic heterocycles. The molecule has 10 heteroatoms. The van der Waals surface area contributed by atoms with Crippen LogP contribution in [0.4, 0.5) is 5.82 Å². The fraction of sp³-hybridized carbons (Fsp3) is 0.409. The quantitative estimate of drug-likeness (QED) is 0.563. The Morgan fingerprint density at radius 3 is 2.31 bits per heavy atom. The van der Waals surface area contributed by atoms with Gasteiger partial charge >= 0.3 is 0 Å². The maximum absolute atomic E-state index is 13.2. The Kier molecular flexibility index (Phi) is 6.16. The number of ether oxygens (including phenoxy) is 1. The molecule has 0 unspecified atom stereocenters. The Morgan fingerprint density at radius 1 is 0.969 bits per heavy atom. The maximum atomic E-state index is 13.2. The lowest BCUT2D eigenvalue weighted by Gasteiger charge is -2.34. The second kappa shape index (κ2) is 8.87. The summed E-state index contributed by atoms with van der Waals surface area (Å²) < 4.78 is 35.2. The summed E-state index contributed by atoms with van der Waals surface area (Å²) in [7, 11) is -3.57. The van der Waals surface area contributed by atoms with E-state index in [-0.39, 0.29) is 0 Å². The zero-order valence-electron chi connectivity index (χ0n) is 18.8. The van der Waals surface area contributed by atoms with Gasteiger partial charge in [0, 0.05) is 37.9 Å². The van der Waals surface area contributed by atoms with Crippen LogP contribution in [0, 0.1) is 20.8 Å². The molecule has 0 bridgehead atoms. The van der Waals surface area contributed by atoms with Gasteiger partial charge in [0.1, 0.15) is 17.9 Å². The molecular weight excluding hydrogens is 428 g/mol. The monoisotopic (exact) mass is 456 g/mol. The van der Waals surface area contributed by atoms with E-state index < -0.39 is 10.0 Å². The van der Waals surface area contributed by atoms with Crippen molar-refractivity contribution in [1.29, 1.82) is 0 Å². The minimum Gasteiger partial charge on any atom is -0.494 e. The highest BCUT2D eigenvalue weighted by Crippen LogP contribution is 2.25. The average Bonchev–Trinajstić information content (AvgIpc) is 3.13. The van der Waals surface area contributed by atoms with E-state index >= 15 is 0 Å². The molecule has 1 aromatic carbocycles.